The molecule has 0 aromatic heterocycles. The molecule has 16 heavy (non-hydrogen) atoms. The van der Waals surface area contributed by atoms with Crippen molar-refractivity contribution in [2.24, 2.45) is 5.92 Å². The lowest BCUT2D eigenvalue weighted by molar-refractivity contribution is 0.0654. The molecule has 1 atom stereocenters. The predicted molar refractivity (Wildman–Crippen MR) is 71.0 cm³/mol. The van der Waals surface area contributed by atoms with E-state index < -0.39 is 0 Å². The average molecular weight is 283 g/mol. The molecule has 1 fully saturated rings. The van der Waals surface area contributed by atoms with E-state index in [0.717, 1.165) is 17.9 Å². The molecule has 88 valence electrons. The first-order chi connectivity index (χ1) is 7.79. The van der Waals surface area contributed by atoms with E-state index >= 15 is 0 Å². The fourth-order valence-electron chi connectivity index (χ4n) is 1.88. The Balaban J connectivity index is 1.87. The Morgan fingerprint density at radius 2 is 2.25 bits per heavy atom. The van der Waals surface area contributed by atoms with Gasteiger partial charge in [0, 0.05) is 11.9 Å². The first-order valence-electron chi connectivity index (χ1n) is 6.03. The van der Waals surface area contributed by atoms with Crippen molar-refractivity contribution in [1.82, 2.24) is 0 Å². The molecule has 2 heteroatoms. The average Bonchev–Trinajstić information content (AvgIpc) is 3.08. The molecule has 0 aliphatic heterocycles. The van der Waals surface area contributed by atoms with Gasteiger partial charge in [0.15, 0.2) is 0 Å². The Labute approximate surface area is 106 Å². The quantitative estimate of drug-likeness (QED) is 0.709. The standard InChI is InChI=1S/C14H19BrO/c1-11-3-2-4-13(9-11)14(10-15)16-8-7-12-5-6-12/h2-4,9,12,14H,5-8,10H2,1H3. The van der Waals surface area contributed by atoms with Crippen molar-refractivity contribution in [2.75, 3.05) is 11.9 Å². The van der Waals surface area contributed by atoms with Crippen molar-refractivity contribution in [3.63, 3.8) is 0 Å². The summed E-state index contributed by atoms with van der Waals surface area (Å²) in [6.07, 6.45) is 4.26. The zero-order valence-corrected chi connectivity index (χ0v) is 11.4. The van der Waals surface area contributed by atoms with Gasteiger partial charge in [0.05, 0.1) is 6.10 Å². The van der Waals surface area contributed by atoms with Gasteiger partial charge in [-0.25, -0.2) is 0 Å². The molecule has 0 N–H and O–H groups in total. The summed E-state index contributed by atoms with van der Waals surface area (Å²) in [5.74, 6) is 0.952. The van der Waals surface area contributed by atoms with Gasteiger partial charge in [-0.2, -0.15) is 0 Å². The molecule has 2 rings (SSSR count). The maximum absolute atomic E-state index is 5.94. The molecular weight excluding hydrogens is 264 g/mol. The van der Waals surface area contributed by atoms with Gasteiger partial charge in [-0.05, 0) is 24.8 Å². The highest BCUT2D eigenvalue weighted by Gasteiger charge is 2.21. The SMILES string of the molecule is Cc1cccc(C(CBr)OCCC2CC2)c1. The Morgan fingerprint density at radius 3 is 2.88 bits per heavy atom. The molecular formula is C14H19BrO. The largest absolute Gasteiger partial charge is 0.373 e. The van der Waals surface area contributed by atoms with E-state index in [0.29, 0.717) is 0 Å². The second kappa shape index (κ2) is 5.83. The first kappa shape index (κ1) is 12.1. The Morgan fingerprint density at radius 1 is 1.44 bits per heavy atom. The molecule has 1 aromatic rings. The molecule has 0 heterocycles. The maximum Gasteiger partial charge on any atom is 0.0921 e. The Bertz CT molecular complexity index is 333. The van der Waals surface area contributed by atoms with E-state index in [9.17, 15) is 0 Å². The Hall–Kier alpha value is -0.340. The van der Waals surface area contributed by atoms with E-state index in [-0.39, 0.29) is 6.10 Å². The van der Waals surface area contributed by atoms with Crippen LogP contribution in [0.1, 0.15) is 36.5 Å². The molecule has 0 saturated heterocycles. The first-order valence-corrected chi connectivity index (χ1v) is 7.16. The molecule has 1 unspecified atom stereocenters. The van der Waals surface area contributed by atoms with E-state index in [4.69, 9.17) is 4.74 Å². The minimum atomic E-state index is 0.207. The van der Waals surface area contributed by atoms with Crippen molar-refractivity contribution in [3.05, 3.63) is 35.4 Å². The lowest BCUT2D eigenvalue weighted by Gasteiger charge is -2.16. The van der Waals surface area contributed by atoms with Gasteiger partial charge in [0.1, 0.15) is 0 Å². The summed E-state index contributed by atoms with van der Waals surface area (Å²) in [6, 6.07) is 8.59. The highest BCUT2D eigenvalue weighted by atomic mass is 79.9. The summed E-state index contributed by atoms with van der Waals surface area (Å²) in [4.78, 5) is 0. The summed E-state index contributed by atoms with van der Waals surface area (Å²) in [6.45, 7) is 3.02. The van der Waals surface area contributed by atoms with Crippen LogP contribution < -0.4 is 0 Å². The third-order valence-electron chi connectivity index (χ3n) is 3.10. The number of aryl methyl sites for hydroxylation is 1. The van der Waals surface area contributed by atoms with Crippen molar-refractivity contribution in [1.29, 1.82) is 0 Å². The number of hydrogen-bond acceptors (Lipinski definition) is 1. The molecule has 1 aromatic carbocycles. The zero-order valence-electron chi connectivity index (χ0n) is 9.79. The number of hydrogen-bond donors (Lipinski definition) is 0. The molecule has 0 amide bonds. The van der Waals surface area contributed by atoms with Gasteiger partial charge in [-0.15, -0.1) is 0 Å². The van der Waals surface area contributed by atoms with Crippen molar-refractivity contribution >= 4 is 15.9 Å². The molecule has 0 bridgehead atoms. The van der Waals surface area contributed by atoms with E-state index in [1.54, 1.807) is 0 Å². The van der Waals surface area contributed by atoms with Gasteiger partial charge < -0.3 is 4.74 Å². The van der Waals surface area contributed by atoms with Crippen LogP contribution in [0, 0.1) is 12.8 Å². The van der Waals surface area contributed by atoms with Crippen molar-refractivity contribution < 1.29 is 4.74 Å². The number of ether oxygens (including phenoxy) is 1. The van der Waals surface area contributed by atoms with Gasteiger partial charge in [0.2, 0.25) is 0 Å². The summed E-state index contributed by atoms with van der Waals surface area (Å²) in [7, 11) is 0. The van der Waals surface area contributed by atoms with Crippen LogP contribution in [0.2, 0.25) is 0 Å². The number of alkyl halides is 1. The molecule has 1 aliphatic rings. The molecule has 0 spiro atoms. The van der Waals surface area contributed by atoms with Gasteiger partial charge >= 0.3 is 0 Å². The van der Waals surface area contributed by atoms with Gasteiger partial charge in [-0.3, -0.25) is 0 Å². The lowest BCUT2D eigenvalue weighted by Crippen LogP contribution is -2.07. The second-order valence-corrected chi connectivity index (χ2v) is 5.31. The highest BCUT2D eigenvalue weighted by molar-refractivity contribution is 9.09. The monoisotopic (exact) mass is 282 g/mol. The normalized spacial score (nSPS) is 17.4. The summed E-state index contributed by atoms with van der Waals surface area (Å²) in [5, 5.41) is 0.876. The summed E-state index contributed by atoms with van der Waals surface area (Å²) >= 11 is 3.53. The van der Waals surface area contributed by atoms with Crippen LogP contribution in [0.5, 0.6) is 0 Å². The van der Waals surface area contributed by atoms with Crippen LogP contribution in [0.3, 0.4) is 0 Å². The third-order valence-corrected chi connectivity index (χ3v) is 3.68. The number of rotatable bonds is 6. The number of benzene rings is 1. The van der Waals surface area contributed by atoms with E-state index in [1.807, 2.05) is 0 Å². The second-order valence-electron chi connectivity index (χ2n) is 4.66. The van der Waals surface area contributed by atoms with Gasteiger partial charge in [0.25, 0.3) is 0 Å². The van der Waals surface area contributed by atoms with E-state index in [1.165, 1.54) is 30.4 Å². The van der Waals surface area contributed by atoms with E-state index in [2.05, 4.69) is 47.1 Å². The van der Waals surface area contributed by atoms with Crippen LogP contribution in [0.25, 0.3) is 0 Å². The van der Waals surface area contributed by atoms with Gasteiger partial charge in [-0.1, -0.05) is 58.6 Å². The maximum atomic E-state index is 5.94. The number of halogens is 1. The van der Waals surface area contributed by atoms with Crippen LogP contribution in [0.15, 0.2) is 24.3 Å². The summed E-state index contributed by atoms with van der Waals surface area (Å²) in [5.41, 5.74) is 2.59. The van der Waals surface area contributed by atoms with Crippen LogP contribution in [0.4, 0.5) is 0 Å². The van der Waals surface area contributed by atoms with Crippen molar-refractivity contribution in [2.45, 2.75) is 32.3 Å². The third kappa shape index (κ3) is 3.60. The van der Waals surface area contributed by atoms with Crippen LogP contribution >= 0.6 is 15.9 Å². The van der Waals surface area contributed by atoms with Crippen LogP contribution in [-0.2, 0) is 4.74 Å². The minimum Gasteiger partial charge on any atom is -0.373 e. The molecule has 1 aliphatic carbocycles. The predicted octanol–water partition coefficient (Wildman–Crippen LogP) is 4.25. The van der Waals surface area contributed by atoms with Crippen LogP contribution in [-0.4, -0.2) is 11.9 Å². The molecule has 1 saturated carbocycles. The summed E-state index contributed by atoms with van der Waals surface area (Å²) < 4.78 is 5.94. The molecule has 0 radical (unpaired) electrons. The molecule has 1 nitrogen and oxygen atoms in total. The lowest BCUT2D eigenvalue weighted by atomic mass is 10.1. The van der Waals surface area contributed by atoms with Crippen molar-refractivity contribution in [3.8, 4) is 0 Å². The fourth-order valence-corrected chi connectivity index (χ4v) is 2.44. The topological polar surface area (TPSA) is 9.23 Å². The zero-order chi connectivity index (χ0) is 11.4. The fraction of sp³-hybridized carbons (Fsp3) is 0.571. The smallest absolute Gasteiger partial charge is 0.0921 e. The highest BCUT2D eigenvalue weighted by Crippen LogP contribution is 2.33. The minimum absolute atomic E-state index is 0.207. The Kier molecular flexibility index (Phi) is 4.42.